The van der Waals surface area contributed by atoms with Crippen molar-refractivity contribution in [3.63, 3.8) is 0 Å². The molecule has 0 unspecified atom stereocenters. The van der Waals surface area contributed by atoms with Gasteiger partial charge in [0.2, 0.25) is 0 Å². The van der Waals surface area contributed by atoms with Gasteiger partial charge in [0.1, 0.15) is 23.1 Å². The van der Waals surface area contributed by atoms with Gasteiger partial charge in [-0.15, -0.1) is 0 Å². The number of hydrogen-bond donors (Lipinski definition) is 1. The lowest BCUT2D eigenvalue weighted by Crippen LogP contribution is -2.39. The molecule has 0 saturated heterocycles. The fourth-order valence-corrected chi connectivity index (χ4v) is 4.95. The van der Waals surface area contributed by atoms with Gasteiger partial charge in [-0.05, 0) is 73.1 Å². The van der Waals surface area contributed by atoms with E-state index >= 15 is 0 Å². The van der Waals surface area contributed by atoms with Crippen molar-refractivity contribution < 1.29 is 24.2 Å². The number of esters is 1. The van der Waals surface area contributed by atoms with Crippen molar-refractivity contribution in [1.82, 2.24) is 0 Å². The lowest BCUT2D eigenvalue weighted by Gasteiger charge is -2.37. The van der Waals surface area contributed by atoms with Crippen LogP contribution >= 0.6 is 0 Å². The molecule has 6 heteroatoms. The quantitative estimate of drug-likeness (QED) is 0.124. The molecule has 1 fully saturated rings. The summed E-state index contributed by atoms with van der Waals surface area (Å²) in [5.41, 5.74) is 0.381. The normalized spacial score (nSPS) is 19.8. The summed E-state index contributed by atoms with van der Waals surface area (Å²) in [5, 5.41) is 19.6. The van der Waals surface area contributed by atoms with E-state index in [0.717, 1.165) is 18.4 Å². The monoisotopic (exact) mass is 489 g/mol. The fraction of sp³-hybridized carbons (Fsp3) is 0.433. The van der Waals surface area contributed by atoms with Crippen LogP contribution in [0.5, 0.6) is 11.5 Å². The number of hydrogen-bond acceptors (Lipinski definition) is 5. The van der Waals surface area contributed by atoms with E-state index in [2.05, 4.69) is 6.92 Å². The van der Waals surface area contributed by atoms with Gasteiger partial charge < -0.3 is 14.6 Å². The number of carbonyl (C=O) groups is 2. The first-order valence-corrected chi connectivity index (χ1v) is 12.7. The Kier molecular flexibility index (Phi) is 9.69. The third-order valence-electron chi connectivity index (χ3n) is 7.22. The number of carboxylic acid groups (broad SMARTS) is 1. The molecular weight excluding hydrogens is 454 g/mol. The van der Waals surface area contributed by atoms with Crippen LogP contribution in [0.4, 0.5) is 0 Å². The Morgan fingerprint density at radius 1 is 1.03 bits per heavy atom. The van der Waals surface area contributed by atoms with Crippen LogP contribution < -0.4 is 9.47 Å². The second kappa shape index (κ2) is 12.9. The van der Waals surface area contributed by atoms with Crippen molar-refractivity contribution in [3.05, 3.63) is 65.2 Å². The van der Waals surface area contributed by atoms with E-state index in [1.807, 2.05) is 18.2 Å². The molecule has 1 N–H and O–H groups in total. The van der Waals surface area contributed by atoms with Crippen molar-refractivity contribution in [3.8, 4) is 17.6 Å². The molecule has 0 atom stereocenters. The van der Waals surface area contributed by atoms with Crippen LogP contribution in [-0.4, -0.2) is 24.2 Å². The summed E-state index contributed by atoms with van der Waals surface area (Å²) >= 11 is 0. The fourth-order valence-electron chi connectivity index (χ4n) is 4.95. The Labute approximate surface area is 213 Å². The second-order valence-electron chi connectivity index (χ2n) is 9.54. The molecule has 3 rings (SSSR count). The first-order chi connectivity index (χ1) is 17.4. The number of ether oxygens (including phenoxy) is 2. The zero-order valence-electron chi connectivity index (χ0n) is 21.2. The molecule has 0 spiro atoms. The Morgan fingerprint density at radius 2 is 1.67 bits per heavy atom. The van der Waals surface area contributed by atoms with Gasteiger partial charge in [-0.2, -0.15) is 5.26 Å². The molecule has 1 saturated carbocycles. The maximum absolute atomic E-state index is 12.5. The summed E-state index contributed by atoms with van der Waals surface area (Å²) < 4.78 is 10.4. The van der Waals surface area contributed by atoms with Gasteiger partial charge in [0.15, 0.2) is 0 Å². The van der Waals surface area contributed by atoms with E-state index in [1.165, 1.54) is 38.2 Å². The highest BCUT2D eigenvalue weighted by Gasteiger charge is 2.43. The maximum atomic E-state index is 12.5. The molecule has 0 aliphatic heterocycles. The third kappa shape index (κ3) is 6.75. The molecule has 0 radical (unpaired) electrons. The van der Waals surface area contributed by atoms with Crippen LogP contribution in [0.3, 0.4) is 0 Å². The number of rotatable bonds is 11. The number of benzene rings is 2. The van der Waals surface area contributed by atoms with E-state index < -0.39 is 17.4 Å². The average Bonchev–Trinajstić information content (AvgIpc) is 2.90. The first kappa shape index (κ1) is 27.0. The van der Waals surface area contributed by atoms with E-state index in [9.17, 15) is 20.0 Å². The maximum Gasteiger partial charge on any atom is 0.354 e. The highest BCUT2D eigenvalue weighted by molar-refractivity contribution is 5.99. The molecule has 0 bridgehead atoms. The molecule has 0 amide bonds. The van der Waals surface area contributed by atoms with Gasteiger partial charge >= 0.3 is 11.9 Å². The molecule has 6 nitrogen and oxygen atoms in total. The molecule has 2 aromatic rings. The number of aliphatic carboxylic acids is 1. The van der Waals surface area contributed by atoms with Crippen LogP contribution in [0.2, 0.25) is 0 Å². The molecule has 0 heterocycles. The predicted molar refractivity (Wildman–Crippen MR) is 139 cm³/mol. The lowest BCUT2D eigenvalue weighted by atomic mass is 9.66. The summed E-state index contributed by atoms with van der Waals surface area (Å²) in [4.78, 5) is 24.8. The average molecular weight is 490 g/mol. The Hall–Kier alpha value is -3.59. The molecule has 1 aliphatic carbocycles. The number of unbranched alkanes of at least 4 members (excludes halogenated alkanes) is 3. The van der Waals surface area contributed by atoms with Crippen molar-refractivity contribution in [2.75, 3.05) is 7.11 Å². The zero-order valence-corrected chi connectivity index (χ0v) is 21.2. The summed E-state index contributed by atoms with van der Waals surface area (Å²) in [5.74, 6) is 0.000602. The van der Waals surface area contributed by atoms with Crippen molar-refractivity contribution in [2.45, 2.75) is 70.1 Å². The predicted octanol–water partition coefficient (Wildman–Crippen LogP) is 6.69. The van der Waals surface area contributed by atoms with Crippen molar-refractivity contribution >= 4 is 18.0 Å². The minimum absolute atomic E-state index is 0.143. The number of methoxy groups -OCH3 is 1. The summed E-state index contributed by atoms with van der Waals surface area (Å²) in [6.07, 6.45) is 10.7. The molecule has 190 valence electrons. The standard InChI is InChI=1S/C30H35NO5/c1-3-4-5-6-7-22-16-18-30(19-17-22,29(33)34)25-10-8-23(9-11-25)20-24(21-31)28(32)36-27-14-12-26(35-2)13-15-27/h8-15,20,22H,3-7,16-19H2,1-2H3,(H,33,34). The molecule has 1 aliphatic rings. The number of nitriles is 1. The van der Waals surface area contributed by atoms with Crippen LogP contribution in [0, 0.1) is 17.2 Å². The van der Waals surface area contributed by atoms with Crippen LogP contribution in [0.15, 0.2) is 54.1 Å². The number of carbonyl (C=O) groups excluding carboxylic acids is 1. The van der Waals surface area contributed by atoms with E-state index in [-0.39, 0.29) is 5.57 Å². The lowest BCUT2D eigenvalue weighted by molar-refractivity contribution is -0.145. The largest absolute Gasteiger partial charge is 0.497 e. The minimum atomic E-state index is -0.881. The topological polar surface area (TPSA) is 96.6 Å². The highest BCUT2D eigenvalue weighted by atomic mass is 16.5. The second-order valence-corrected chi connectivity index (χ2v) is 9.54. The van der Waals surface area contributed by atoms with Crippen molar-refractivity contribution in [1.29, 1.82) is 5.26 Å². The smallest absolute Gasteiger partial charge is 0.354 e. The minimum Gasteiger partial charge on any atom is -0.497 e. The molecule has 2 aromatic carbocycles. The van der Waals surface area contributed by atoms with Gasteiger partial charge in [0.05, 0.1) is 12.5 Å². The van der Waals surface area contributed by atoms with Crippen molar-refractivity contribution in [2.24, 2.45) is 5.92 Å². The van der Waals surface area contributed by atoms with E-state index in [4.69, 9.17) is 9.47 Å². The Bertz CT molecular complexity index is 1090. The van der Waals surface area contributed by atoms with Gasteiger partial charge in [0, 0.05) is 0 Å². The van der Waals surface area contributed by atoms with E-state index in [1.54, 1.807) is 43.5 Å². The summed E-state index contributed by atoms with van der Waals surface area (Å²) in [6.45, 7) is 2.21. The van der Waals surface area contributed by atoms with E-state index in [0.29, 0.717) is 35.8 Å². The third-order valence-corrected chi connectivity index (χ3v) is 7.22. The Balaban J connectivity index is 1.67. The number of carboxylic acids is 1. The van der Waals surface area contributed by atoms with Gasteiger partial charge in [0.25, 0.3) is 0 Å². The SMILES string of the molecule is CCCCCCC1CCC(C(=O)O)(c2ccc(C=C(C#N)C(=O)Oc3ccc(OC)cc3)cc2)CC1. The number of nitrogens with zero attached hydrogens (tertiary/aromatic N) is 1. The molecule has 0 aromatic heterocycles. The van der Waals surface area contributed by atoms with Gasteiger partial charge in [-0.1, -0.05) is 63.3 Å². The van der Waals surface area contributed by atoms with Gasteiger partial charge in [-0.3, -0.25) is 4.79 Å². The Morgan fingerprint density at radius 3 is 2.22 bits per heavy atom. The van der Waals surface area contributed by atoms with Crippen LogP contribution in [0.1, 0.15) is 75.8 Å². The highest BCUT2D eigenvalue weighted by Crippen LogP contribution is 2.43. The van der Waals surface area contributed by atoms with Crippen LogP contribution in [-0.2, 0) is 15.0 Å². The van der Waals surface area contributed by atoms with Gasteiger partial charge in [-0.25, -0.2) is 4.79 Å². The summed E-state index contributed by atoms with van der Waals surface area (Å²) in [7, 11) is 1.54. The zero-order chi connectivity index (χ0) is 26.0. The van der Waals surface area contributed by atoms with Crippen LogP contribution in [0.25, 0.3) is 6.08 Å². The summed E-state index contributed by atoms with van der Waals surface area (Å²) in [6, 6.07) is 15.5. The molecular formula is C30H35NO5. The first-order valence-electron chi connectivity index (χ1n) is 12.7. The molecule has 36 heavy (non-hydrogen) atoms.